The lowest BCUT2D eigenvalue weighted by atomic mass is 10.0. The molecule has 1 aromatic rings. The van der Waals surface area contributed by atoms with Crippen molar-refractivity contribution in [3.8, 4) is 0 Å². The first kappa shape index (κ1) is 13.7. The van der Waals surface area contributed by atoms with Gasteiger partial charge in [-0.15, -0.1) is 0 Å². The Labute approximate surface area is 102 Å². The first-order valence-electron chi connectivity index (χ1n) is 6.03. The number of esters is 1. The van der Waals surface area contributed by atoms with E-state index in [1.54, 1.807) is 12.1 Å². The minimum atomic E-state index is -0.293. The van der Waals surface area contributed by atoms with Crippen molar-refractivity contribution in [3.05, 3.63) is 35.4 Å². The number of ether oxygens (including phenoxy) is 1. The monoisotopic (exact) mass is 236 g/mol. The summed E-state index contributed by atoms with van der Waals surface area (Å²) in [6, 6.07) is 7.50. The first-order valence-corrected chi connectivity index (χ1v) is 6.03. The summed E-state index contributed by atoms with van der Waals surface area (Å²) in [6.45, 7) is 4.73. The molecule has 17 heavy (non-hydrogen) atoms. The summed E-state index contributed by atoms with van der Waals surface area (Å²) >= 11 is 0. The van der Waals surface area contributed by atoms with E-state index in [0.717, 1.165) is 0 Å². The third-order valence-corrected chi connectivity index (χ3v) is 2.60. The normalized spacial score (nSPS) is 10.6. The maximum atomic E-state index is 11.6. The van der Waals surface area contributed by atoms with Crippen molar-refractivity contribution >= 4 is 5.97 Å². The summed E-state index contributed by atoms with van der Waals surface area (Å²) in [5, 5.41) is 8.59. The molecule has 0 radical (unpaired) electrons. The zero-order valence-electron chi connectivity index (χ0n) is 10.5. The Morgan fingerprint density at radius 1 is 1.24 bits per heavy atom. The van der Waals surface area contributed by atoms with Crippen LogP contribution in [0.2, 0.25) is 0 Å². The number of rotatable bonds is 6. The van der Waals surface area contributed by atoms with Crippen LogP contribution in [-0.2, 0) is 4.74 Å². The van der Waals surface area contributed by atoms with Crippen LogP contribution in [0.1, 0.15) is 48.5 Å². The highest BCUT2D eigenvalue weighted by Crippen LogP contribution is 2.15. The average Bonchev–Trinajstić information content (AvgIpc) is 2.34. The fourth-order valence-electron chi connectivity index (χ4n) is 1.47. The molecule has 0 unspecified atom stereocenters. The topological polar surface area (TPSA) is 46.5 Å². The highest BCUT2D eigenvalue weighted by Gasteiger charge is 2.07. The van der Waals surface area contributed by atoms with Gasteiger partial charge in [0.05, 0.1) is 12.2 Å². The molecule has 94 valence electrons. The fraction of sp³-hybridized carbons (Fsp3) is 0.500. The van der Waals surface area contributed by atoms with Gasteiger partial charge in [0, 0.05) is 6.61 Å². The summed E-state index contributed by atoms with van der Waals surface area (Å²) in [4.78, 5) is 11.6. The molecule has 0 saturated carbocycles. The van der Waals surface area contributed by atoms with Crippen LogP contribution in [0.5, 0.6) is 0 Å². The average molecular weight is 236 g/mol. The molecule has 0 atom stereocenters. The Bertz CT molecular complexity index is 341. The van der Waals surface area contributed by atoms with Crippen molar-refractivity contribution in [2.24, 2.45) is 0 Å². The van der Waals surface area contributed by atoms with Gasteiger partial charge in [0.25, 0.3) is 0 Å². The quantitative estimate of drug-likeness (QED) is 0.610. The highest BCUT2D eigenvalue weighted by atomic mass is 16.5. The van der Waals surface area contributed by atoms with Crippen LogP contribution in [0, 0.1) is 0 Å². The van der Waals surface area contributed by atoms with Crippen molar-refractivity contribution in [1.82, 2.24) is 0 Å². The van der Waals surface area contributed by atoms with Gasteiger partial charge in [0.15, 0.2) is 0 Å². The minimum absolute atomic E-state index is 0.140. The Hall–Kier alpha value is -1.35. The van der Waals surface area contributed by atoms with Crippen LogP contribution in [0.4, 0.5) is 0 Å². The van der Waals surface area contributed by atoms with Crippen LogP contribution in [0.25, 0.3) is 0 Å². The Kier molecular flexibility index (Phi) is 5.70. The van der Waals surface area contributed by atoms with Crippen molar-refractivity contribution in [1.29, 1.82) is 0 Å². The van der Waals surface area contributed by atoms with Crippen molar-refractivity contribution < 1.29 is 14.6 Å². The molecular weight excluding hydrogens is 216 g/mol. The van der Waals surface area contributed by atoms with E-state index in [2.05, 4.69) is 13.8 Å². The summed E-state index contributed by atoms with van der Waals surface area (Å²) in [7, 11) is 0. The van der Waals surface area contributed by atoms with Crippen LogP contribution in [0.15, 0.2) is 24.3 Å². The maximum Gasteiger partial charge on any atom is 0.338 e. The van der Waals surface area contributed by atoms with Crippen LogP contribution >= 0.6 is 0 Å². The highest BCUT2D eigenvalue weighted by molar-refractivity contribution is 5.89. The predicted octanol–water partition coefficient (Wildman–Crippen LogP) is 2.74. The van der Waals surface area contributed by atoms with Crippen molar-refractivity contribution in [2.45, 2.75) is 32.6 Å². The second-order valence-electron chi connectivity index (χ2n) is 4.34. The van der Waals surface area contributed by atoms with Crippen LogP contribution < -0.4 is 0 Å². The molecule has 0 bridgehead atoms. The molecule has 1 rings (SSSR count). The fourth-order valence-corrected chi connectivity index (χ4v) is 1.47. The van der Waals surface area contributed by atoms with Gasteiger partial charge >= 0.3 is 5.97 Å². The van der Waals surface area contributed by atoms with E-state index in [1.165, 1.54) is 5.56 Å². The largest absolute Gasteiger partial charge is 0.462 e. The molecule has 0 aromatic heterocycles. The number of carbonyl (C=O) groups excluding carboxylic acids is 1. The Morgan fingerprint density at radius 2 is 1.88 bits per heavy atom. The van der Waals surface area contributed by atoms with Gasteiger partial charge in [-0.1, -0.05) is 26.0 Å². The predicted molar refractivity (Wildman–Crippen MR) is 67.1 cm³/mol. The van der Waals surface area contributed by atoms with Gasteiger partial charge < -0.3 is 9.84 Å². The van der Waals surface area contributed by atoms with Crippen molar-refractivity contribution in [2.75, 3.05) is 13.2 Å². The summed E-state index contributed by atoms with van der Waals surface area (Å²) < 4.78 is 5.08. The molecule has 1 N–H and O–H groups in total. The third-order valence-electron chi connectivity index (χ3n) is 2.60. The van der Waals surface area contributed by atoms with Gasteiger partial charge in [0.2, 0.25) is 0 Å². The molecule has 1 aromatic carbocycles. The van der Waals surface area contributed by atoms with E-state index < -0.39 is 0 Å². The molecular formula is C14H20O3. The number of aliphatic hydroxyl groups is 1. The SMILES string of the molecule is CC(C)c1ccc(C(=O)OCCCCO)cc1. The van der Waals surface area contributed by atoms with Crippen molar-refractivity contribution in [3.63, 3.8) is 0 Å². The maximum absolute atomic E-state index is 11.6. The molecule has 0 aliphatic heterocycles. The minimum Gasteiger partial charge on any atom is -0.462 e. The van der Waals surface area contributed by atoms with Gasteiger partial charge in [0.1, 0.15) is 0 Å². The van der Waals surface area contributed by atoms with E-state index in [-0.39, 0.29) is 12.6 Å². The summed E-state index contributed by atoms with van der Waals surface area (Å²) in [5.74, 6) is 0.169. The molecule has 0 fully saturated rings. The molecule has 3 heteroatoms. The number of carbonyl (C=O) groups is 1. The second-order valence-corrected chi connectivity index (χ2v) is 4.34. The number of hydrogen-bond acceptors (Lipinski definition) is 3. The number of hydrogen-bond donors (Lipinski definition) is 1. The van der Waals surface area contributed by atoms with Crippen LogP contribution in [0.3, 0.4) is 0 Å². The number of benzene rings is 1. The zero-order valence-corrected chi connectivity index (χ0v) is 10.5. The summed E-state index contributed by atoms with van der Waals surface area (Å²) in [6.07, 6.45) is 1.37. The van der Waals surface area contributed by atoms with E-state index in [4.69, 9.17) is 9.84 Å². The van der Waals surface area contributed by atoms with E-state index >= 15 is 0 Å². The molecule has 0 aliphatic rings. The first-order chi connectivity index (χ1) is 8.15. The van der Waals surface area contributed by atoms with Gasteiger partial charge in [-0.25, -0.2) is 4.79 Å². The van der Waals surface area contributed by atoms with E-state index in [9.17, 15) is 4.79 Å². The molecule has 0 spiro atoms. The number of aliphatic hydroxyl groups excluding tert-OH is 1. The van der Waals surface area contributed by atoms with Gasteiger partial charge in [-0.05, 0) is 36.5 Å². The van der Waals surface area contributed by atoms with E-state index in [0.29, 0.717) is 30.9 Å². The lowest BCUT2D eigenvalue weighted by molar-refractivity contribution is 0.0492. The second kappa shape index (κ2) is 7.07. The molecule has 0 aliphatic carbocycles. The third kappa shape index (κ3) is 4.57. The molecule has 0 amide bonds. The van der Waals surface area contributed by atoms with Crippen LogP contribution in [-0.4, -0.2) is 24.3 Å². The van der Waals surface area contributed by atoms with Gasteiger partial charge in [-0.3, -0.25) is 0 Å². The Balaban J connectivity index is 2.46. The smallest absolute Gasteiger partial charge is 0.338 e. The van der Waals surface area contributed by atoms with Gasteiger partial charge in [-0.2, -0.15) is 0 Å². The lowest BCUT2D eigenvalue weighted by Crippen LogP contribution is -2.07. The molecule has 0 saturated heterocycles. The standard InChI is InChI=1S/C14H20O3/c1-11(2)12-5-7-13(8-6-12)14(16)17-10-4-3-9-15/h5-8,11,15H,3-4,9-10H2,1-2H3. The van der Waals surface area contributed by atoms with E-state index in [1.807, 2.05) is 12.1 Å². The number of unbranched alkanes of at least 4 members (excludes halogenated alkanes) is 1. The lowest BCUT2D eigenvalue weighted by Gasteiger charge is -2.07. The zero-order chi connectivity index (χ0) is 12.7. The summed E-state index contributed by atoms with van der Waals surface area (Å²) in [5.41, 5.74) is 1.79. The Morgan fingerprint density at radius 3 is 2.41 bits per heavy atom. The molecule has 3 nitrogen and oxygen atoms in total. The molecule has 0 heterocycles.